The summed E-state index contributed by atoms with van der Waals surface area (Å²) in [5, 5.41) is 50.4. The number of cyclic esters (lactones) is 1. The Morgan fingerprint density at radius 3 is 2.29 bits per heavy atom. The Balaban J connectivity index is 2.14. The van der Waals surface area contributed by atoms with Gasteiger partial charge >= 0.3 is 5.97 Å². The van der Waals surface area contributed by atoms with E-state index in [1.165, 1.54) is 6.08 Å². The molecule has 0 bridgehead atoms. The van der Waals surface area contributed by atoms with Gasteiger partial charge in [-0.15, -0.1) is 0 Å². The van der Waals surface area contributed by atoms with Crippen molar-refractivity contribution in [3.8, 4) is 0 Å². The summed E-state index contributed by atoms with van der Waals surface area (Å²) < 4.78 is 22.2. The highest BCUT2D eigenvalue weighted by atomic mass is 16.7. The monoisotopic (exact) mass is 578 g/mol. The van der Waals surface area contributed by atoms with E-state index in [4.69, 9.17) is 18.9 Å². The summed E-state index contributed by atoms with van der Waals surface area (Å²) in [5.41, 5.74) is 0. The topological polar surface area (TPSA) is 155 Å². The van der Waals surface area contributed by atoms with Crippen molar-refractivity contribution in [3.63, 3.8) is 0 Å². The van der Waals surface area contributed by atoms with Gasteiger partial charge in [0.25, 0.3) is 0 Å². The molecule has 0 unspecified atom stereocenters. The maximum absolute atomic E-state index is 12.1. The second-order valence-corrected chi connectivity index (χ2v) is 10.1. The minimum absolute atomic E-state index is 0.223. The Hall–Kier alpha value is -2.41. The fraction of sp³-hybridized carbons (Fsp3) is 0.581. The van der Waals surface area contributed by atoms with Crippen LogP contribution in [0.25, 0.3) is 0 Å². The lowest BCUT2D eigenvalue weighted by Gasteiger charge is -2.40. The Morgan fingerprint density at radius 2 is 1.56 bits per heavy atom. The molecule has 2 aliphatic rings. The minimum Gasteiger partial charge on any atom is -0.460 e. The van der Waals surface area contributed by atoms with Gasteiger partial charge in [0, 0.05) is 19.6 Å². The summed E-state index contributed by atoms with van der Waals surface area (Å²) in [7, 11) is 1.60. The minimum atomic E-state index is -1.56. The highest BCUT2D eigenvalue weighted by Crippen LogP contribution is 2.24. The lowest BCUT2D eigenvalue weighted by molar-refractivity contribution is -0.307. The third-order valence-electron chi connectivity index (χ3n) is 6.67. The van der Waals surface area contributed by atoms with Crippen molar-refractivity contribution >= 4 is 5.97 Å². The third-order valence-corrected chi connectivity index (χ3v) is 6.67. The molecule has 2 rings (SSSR count). The smallest absolute Gasteiger partial charge is 0.331 e. The number of carbonyl (C=O) groups excluding carboxylic acids is 1. The van der Waals surface area contributed by atoms with Gasteiger partial charge in [-0.1, -0.05) is 66.8 Å². The molecule has 0 spiro atoms. The number of allylic oxidation sites excluding steroid dienone is 7. The zero-order valence-electron chi connectivity index (χ0n) is 23.9. The van der Waals surface area contributed by atoms with Crippen LogP contribution in [0.3, 0.4) is 0 Å². The third kappa shape index (κ3) is 13.4. The predicted molar refractivity (Wildman–Crippen MR) is 154 cm³/mol. The number of aliphatic hydroxyl groups is 5. The molecule has 2 aliphatic heterocycles. The van der Waals surface area contributed by atoms with Crippen LogP contribution in [0.4, 0.5) is 0 Å². The van der Waals surface area contributed by atoms with Crippen LogP contribution in [0.15, 0.2) is 72.9 Å². The van der Waals surface area contributed by atoms with Crippen LogP contribution in [0.5, 0.6) is 0 Å². The quantitative estimate of drug-likeness (QED) is 0.314. The molecule has 10 heteroatoms. The highest BCUT2D eigenvalue weighted by molar-refractivity contribution is 5.82. The first kappa shape index (κ1) is 34.8. The summed E-state index contributed by atoms with van der Waals surface area (Å²) in [6.07, 6.45) is 16.0. The van der Waals surface area contributed by atoms with Crippen molar-refractivity contribution in [2.75, 3.05) is 13.7 Å². The van der Waals surface area contributed by atoms with Gasteiger partial charge in [-0.3, -0.25) is 0 Å². The SMILES string of the molecule is CO[C@H]1/C=C/C=C/CCC[C@@H](C)OC(=O)/C=C\C=C\C[C@H](O[C@@H]2O[C@H](CO)[C@@H](O)[C@H](O)[C@H]2O)/C=C/C=C\C[C@H](O)C1. The molecule has 2 heterocycles. The molecule has 1 saturated heterocycles. The first-order valence-corrected chi connectivity index (χ1v) is 14.1. The fourth-order valence-electron chi connectivity index (χ4n) is 4.26. The van der Waals surface area contributed by atoms with Gasteiger partial charge in [-0.05, 0) is 39.0 Å². The van der Waals surface area contributed by atoms with Crippen LogP contribution in [0.2, 0.25) is 0 Å². The Morgan fingerprint density at radius 1 is 0.878 bits per heavy atom. The van der Waals surface area contributed by atoms with E-state index in [1.807, 2.05) is 37.3 Å². The lowest BCUT2D eigenvalue weighted by atomic mass is 9.99. The van der Waals surface area contributed by atoms with Crippen LogP contribution in [-0.2, 0) is 23.7 Å². The number of hydrogen-bond acceptors (Lipinski definition) is 10. The van der Waals surface area contributed by atoms with E-state index in [1.54, 1.807) is 43.6 Å². The predicted octanol–water partition coefficient (Wildman–Crippen LogP) is 2.17. The van der Waals surface area contributed by atoms with Gasteiger partial charge in [-0.2, -0.15) is 0 Å². The highest BCUT2D eigenvalue weighted by Gasteiger charge is 2.44. The Labute approximate surface area is 242 Å². The molecule has 10 nitrogen and oxygen atoms in total. The molecule has 0 radical (unpaired) electrons. The van der Waals surface area contributed by atoms with Crippen LogP contribution in [0.1, 0.15) is 45.4 Å². The van der Waals surface area contributed by atoms with Gasteiger partial charge < -0.3 is 44.5 Å². The molecule has 5 N–H and O–H groups in total. The average molecular weight is 579 g/mol. The van der Waals surface area contributed by atoms with Crippen molar-refractivity contribution < 1.29 is 49.3 Å². The van der Waals surface area contributed by atoms with Crippen LogP contribution >= 0.6 is 0 Å². The van der Waals surface area contributed by atoms with Crippen LogP contribution in [-0.4, -0.2) is 100 Å². The molecule has 0 aromatic heterocycles. The number of carbonyl (C=O) groups is 1. The number of hydrogen-bond donors (Lipinski definition) is 5. The second kappa shape index (κ2) is 19.7. The molecule has 1 fully saturated rings. The summed E-state index contributed by atoms with van der Waals surface area (Å²) in [6, 6.07) is 0. The van der Waals surface area contributed by atoms with E-state index < -0.39 is 55.5 Å². The zero-order chi connectivity index (χ0) is 30.0. The standard InChI is InChI=1S/C31H46O10/c1-22-14-8-4-3-5-10-18-25(38-2)20-23(33)15-9-6-11-16-24(17-12-7-13-19-27(34)39-22)40-31-30(37)29(36)28(35)26(21-32)41-31/h3,5-7,9-13,16,18-19,22-26,28-33,35-37H,4,8,14-15,17,20-21H2,1-2H3/b5-3+,9-6-,12-7+,16-11+,18-10+,19-13-/t22-,23+,24-,25+,26-,28-,29+,30-,31-/m1/s1. The molecular weight excluding hydrogens is 532 g/mol. The summed E-state index contributed by atoms with van der Waals surface area (Å²) >= 11 is 0. The fourth-order valence-corrected chi connectivity index (χ4v) is 4.26. The second-order valence-electron chi connectivity index (χ2n) is 10.1. The van der Waals surface area contributed by atoms with Crippen molar-refractivity contribution in [1.29, 1.82) is 0 Å². The molecule has 0 amide bonds. The van der Waals surface area contributed by atoms with E-state index in [0.29, 0.717) is 19.3 Å². The first-order valence-electron chi connectivity index (χ1n) is 14.1. The number of ether oxygens (including phenoxy) is 4. The van der Waals surface area contributed by atoms with Crippen LogP contribution in [0, 0.1) is 0 Å². The van der Waals surface area contributed by atoms with Gasteiger partial charge in [0.05, 0.1) is 31.0 Å². The molecule has 0 aromatic rings. The molecule has 9 atom stereocenters. The van der Waals surface area contributed by atoms with Gasteiger partial charge in [0.2, 0.25) is 0 Å². The van der Waals surface area contributed by atoms with Crippen molar-refractivity contribution in [2.24, 2.45) is 0 Å². The van der Waals surface area contributed by atoms with Crippen molar-refractivity contribution in [2.45, 2.75) is 101 Å². The number of aliphatic hydroxyl groups excluding tert-OH is 5. The number of esters is 1. The summed E-state index contributed by atoms with van der Waals surface area (Å²) in [6.45, 7) is 1.29. The number of methoxy groups -OCH3 is 1. The summed E-state index contributed by atoms with van der Waals surface area (Å²) in [4.78, 5) is 12.1. The maximum atomic E-state index is 12.1. The zero-order valence-corrected chi connectivity index (χ0v) is 23.9. The first-order chi connectivity index (χ1) is 19.7. The van der Waals surface area contributed by atoms with Gasteiger partial charge in [0.1, 0.15) is 24.4 Å². The summed E-state index contributed by atoms with van der Waals surface area (Å²) in [5.74, 6) is -0.443. The normalized spacial score (nSPS) is 39.9. The molecule has 0 aliphatic carbocycles. The van der Waals surface area contributed by atoms with Gasteiger partial charge in [-0.25, -0.2) is 4.79 Å². The average Bonchev–Trinajstić information content (AvgIpc) is 2.94. The maximum Gasteiger partial charge on any atom is 0.331 e. The number of rotatable bonds is 4. The molecular formula is C31H46O10. The van der Waals surface area contributed by atoms with Gasteiger partial charge in [0.15, 0.2) is 6.29 Å². The van der Waals surface area contributed by atoms with Crippen LogP contribution < -0.4 is 0 Å². The van der Waals surface area contributed by atoms with E-state index in [9.17, 15) is 30.3 Å². The van der Waals surface area contributed by atoms with Crippen molar-refractivity contribution in [1.82, 2.24) is 0 Å². The van der Waals surface area contributed by atoms with E-state index >= 15 is 0 Å². The lowest BCUT2D eigenvalue weighted by Crippen LogP contribution is -2.59. The van der Waals surface area contributed by atoms with E-state index in [0.717, 1.165) is 19.3 Å². The largest absolute Gasteiger partial charge is 0.460 e. The Kier molecular flexibility index (Phi) is 16.7. The van der Waals surface area contributed by atoms with Crippen molar-refractivity contribution in [3.05, 3.63) is 72.9 Å². The van der Waals surface area contributed by atoms with E-state index in [-0.39, 0.29) is 12.2 Å². The molecule has 0 saturated carbocycles. The molecule has 0 aromatic carbocycles. The molecule has 41 heavy (non-hydrogen) atoms. The van der Waals surface area contributed by atoms with E-state index in [2.05, 4.69) is 0 Å². The molecule has 230 valence electrons. The Bertz CT molecular complexity index is 922.